The van der Waals surface area contributed by atoms with Crippen LogP contribution in [0.3, 0.4) is 0 Å². The van der Waals surface area contributed by atoms with Crippen molar-refractivity contribution in [3.8, 4) is 6.07 Å². The number of nitriles is 1. The predicted octanol–water partition coefficient (Wildman–Crippen LogP) is 3.52. The lowest BCUT2D eigenvalue weighted by atomic mass is 9.89. The summed E-state index contributed by atoms with van der Waals surface area (Å²) in [5.74, 6) is -0.0458. The molecule has 2 atom stereocenters. The van der Waals surface area contributed by atoms with Crippen molar-refractivity contribution in [2.45, 2.75) is 25.1 Å². The first-order chi connectivity index (χ1) is 12.8. The Morgan fingerprint density at radius 1 is 1.37 bits per heavy atom. The van der Waals surface area contributed by atoms with E-state index in [0.29, 0.717) is 18.5 Å². The number of alkyl halides is 3. The molecule has 1 aromatic heterocycles. The van der Waals surface area contributed by atoms with E-state index in [1.807, 2.05) is 10.6 Å². The smallest absolute Gasteiger partial charge is 0.396 e. The quantitative estimate of drug-likeness (QED) is 0.887. The third kappa shape index (κ3) is 3.83. The van der Waals surface area contributed by atoms with Crippen LogP contribution in [0.4, 0.5) is 18.9 Å². The van der Waals surface area contributed by atoms with E-state index in [4.69, 9.17) is 5.26 Å². The van der Waals surface area contributed by atoms with E-state index in [2.05, 4.69) is 4.98 Å². The highest BCUT2D eigenvalue weighted by molar-refractivity contribution is 5.58. The largest absolute Gasteiger partial charge is 0.417 e. The summed E-state index contributed by atoms with van der Waals surface area (Å²) in [6, 6.07) is 5.20. The average molecular weight is 376 g/mol. The number of likely N-dealkylation sites (N-methyl/N-ethyl adjacent to an activating group) is 1. The molecule has 0 saturated carbocycles. The zero-order chi connectivity index (χ0) is 19.6. The standard InChI is InChI=1S/C19H19F3N4O/c1-25(15-4-2-13(10-23)17(8-15)19(20,21)22)16-5-3-14(11-27)18(9-16)26-7-6-24-12-26/h2,4,6-9,12,14,16,27H,3,5,11H2,1H3. The van der Waals surface area contributed by atoms with Crippen LogP contribution in [0.5, 0.6) is 0 Å². The van der Waals surface area contributed by atoms with Gasteiger partial charge in [0, 0.05) is 42.8 Å². The Balaban J connectivity index is 1.95. The molecule has 5 nitrogen and oxygen atoms in total. The lowest BCUT2D eigenvalue weighted by Crippen LogP contribution is -2.35. The molecule has 3 rings (SSSR count). The summed E-state index contributed by atoms with van der Waals surface area (Å²) in [5.41, 5.74) is -0.0618. The van der Waals surface area contributed by atoms with Gasteiger partial charge in [0.1, 0.15) is 0 Å². The zero-order valence-corrected chi connectivity index (χ0v) is 14.7. The van der Waals surface area contributed by atoms with Crippen molar-refractivity contribution >= 4 is 11.4 Å². The van der Waals surface area contributed by atoms with Crippen LogP contribution in [0.25, 0.3) is 5.70 Å². The highest BCUT2D eigenvalue weighted by Crippen LogP contribution is 2.36. The zero-order valence-electron chi connectivity index (χ0n) is 14.7. The van der Waals surface area contributed by atoms with Gasteiger partial charge in [0.05, 0.1) is 30.1 Å². The molecular formula is C19H19F3N4O. The Morgan fingerprint density at radius 3 is 2.74 bits per heavy atom. The maximum Gasteiger partial charge on any atom is 0.417 e. The highest BCUT2D eigenvalue weighted by Gasteiger charge is 2.34. The lowest BCUT2D eigenvalue weighted by molar-refractivity contribution is -0.137. The van der Waals surface area contributed by atoms with Crippen LogP contribution in [-0.4, -0.2) is 34.4 Å². The fourth-order valence-electron chi connectivity index (χ4n) is 3.41. The second kappa shape index (κ2) is 7.45. The molecule has 1 N–H and O–H groups in total. The average Bonchev–Trinajstić information content (AvgIpc) is 3.20. The Kier molecular flexibility index (Phi) is 5.24. The Morgan fingerprint density at radius 2 is 2.15 bits per heavy atom. The van der Waals surface area contributed by atoms with Gasteiger partial charge in [0.2, 0.25) is 0 Å². The van der Waals surface area contributed by atoms with Crippen molar-refractivity contribution in [2.24, 2.45) is 5.92 Å². The molecule has 1 aliphatic carbocycles. The third-order valence-corrected chi connectivity index (χ3v) is 4.95. The number of hydrogen-bond donors (Lipinski definition) is 1. The van der Waals surface area contributed by atoms with Crippen molar-refractivity contribution in [3.63, 3.8) is 0 Å². The van der Waals surface area contributed by atoms with Gasteiger partial charge in [-0.1, -0.05) is 0 Å². The summed E-state index contributed by atoms with van der Waals surface area (Å²) in [7, 11) is 1.73. The molecule has 0 amide bonds. The third-order valence-electron chi connectivity index (χ3n) is 4.95. The summed E-state index contributed by atoms with van der Waals surface area (Å²) >= 11 is 0. The molecule has 1 heterocycles. The molecule has 0 aliphatic heterocycles. The molecule has 8 heteroatoms. The van der Waals surface area contributed by atoms with Gasteiger partial charge >= 0.3 is 6.18 Å². The minimum absolute atomic E-state index is 0.00443. The molecule has 0 bridgehead atoms. The maximum atomic E-state index is 13.2. The molecule has 142 valence electrons. The van der Waals surface area contributed by atoms with E-state index in [1.165, 1.54) is 12.1 Å². The number of rotatable bonds is 4. The maximum absolute atomic E-state index is 13.2. The van der Waals surface area contributed by atoms with E-state index < -0.39 is 17.3 Å². The Hall–Kier alpha value is -2.79. The van der Waals surface area contributed by atoms with Crippen LogP contribution in [0.1, 0.15) is 24.0 Å². The molecule has 1 aliphatic rings. The first-order valence-corrected chi connectivity index (χ1v) is 8.50. The number of aromatic nitrogens is 2. The van der Waals surface area contributed by atoms with Crippen LogP contribution in [0.2, 0.25) is 0 Å². The fraction of sp³-hybridized carbons (Fsp3) is 0.368. The van der Waals surface area contributed by atoms with Crippen molar-refractivity contribution in [1.82, 2.24) is 9.55 Å². The number of aliphatic hydroxyl groups is 1. The van der Waals surface area contributed by atoms with Gasteiger partial charge in [-0.15, -0.1) is 0 Å². The number of anilines is 1. The van der Waals surface area contributed by atoms with E-state index in [-0.39, 0.29) is 18.6 Å². The summed E-state index contributed by atoms with van der Waals surface area (Å²) in [4.78, 5) is 5.79. The van der Waals surface area contributed by atoms with Gasteiger partial charge in [-0.2, -0.15) is 18.4 Å². The fourth-order valence-corrected chi connectivity index (χ4v) is 3.41. The SMILES string of the molecule is CN(c1ccc(C#N)c(C(F)(F)F)c1)C1C=C(n2ccnc2)C(CO)CC1. The van der Waals surface area contributed by atoms with E-state index in [1.54, 1.807) is 36.7 Å². The van der Waals surface area contributed by atoms with Crippen molar-refractivity contribution in [3.05, 3.63) is 54.1 Å². The van der Waals surface area contributed by atoms with Crippen LogP contribution in [0, 0.1) is 17.2 Å². The van der Waals surface area contributed by atoms with Crippen LogP contribution in [0.15, 0.2) is 43.0 Å². The molecule has 0 saturated heterocycles. The van der Waals surface area contributed by atoms with E-state index in [9.17, 15) is 18.3 Å². The van der Waals surface area contributed by atoms with Gasteiger partial charge in [-0.25, -0.2) is 4.98 Å². The second-order valence-electron chi connectivity index (χ2n) is 6.54. The summed E-state index contributed by atoms with van der Waals surface area (Å²) in [5, 5.41) is 18.6. The Bertz CT molecular complexity index is 868. The normalized spacial score (nSPS) is 20.1. The summed E-state index contributed by atoms with van der Waals surface area (Å²) < 4.78 is 41.6. The van der Waals surface area contributed by atoms with Crippen LogP contribution >= 0.6 is 0 Å². The molecule has 1 aromatic carbocycles. The lowest BCUT2D eigenvalue weighted by Gasteiger charge is -2.35. The topological polar surface area (TPSA) is 65.1 Å². The minimum Gasteiger partial charge on any atom is -0.396 e. The van der Waals surface area contributed by atoms with Crippen molar-refractivity contribution in [1.29, 1.82) is 5.26 Å². The van der Waals surface area contributed by atoms with Gasteiger partial charge in [-0.3, -0.25) is 0 Å². The first kappa shape index (κ1) is 19.0. The number of halogens is 3. The molecule has 0 radical (unpaired) electrons. The summed E-state index contributed by atoms with van der Waals surface area (Å²) in [6.45, 7) is -0.00443. The number of benzene rings is 1. The molecule has 27 heavy (non-hydrogen) atoms. The van der Waals surface area contributed by atoms with Crippen LogP contribution < -0.4 is 4.90 Å². The summed E-state index contributed by atoms with van der Waals surface area (Å²) in [6.07, 6.45) is 3.82. The molecule has 0 fully saturated rings. The molecule has 0 spiro atoms. The van der Waals surface area contributed by atoms with Gasteiger partial charge in [0.25, 0.3) is 0 Å². The van der Waals surface area contributed by atoms with E-state index >= 15 is 0 Å². The molecule has 2 aromatic rings. The molecular weight excluding hydrogens is 357 g/mol. The Labute approximate surface area is 155 Å². The van der Waals surface area contributed by atoms with Crippen LogP contribution in [-0.2, 0) is 6.18 Å². The number of imidazole rings is 1. The predicted molar refractivity (Wildman–Crippen MR) is 94.7 cm³/mol. The van der Waals surface area contributed by atoms with Crippen molar-refractivity contribution in [2.75, 3.05) is 18.6 Å². The monoisotopic (exact) mass is 376 g/mol. The molecule has 2 unspecified atom stereocenters. The number of hydrogen-bond acceptors (Lipinski definition) is 4. The van der Waals surface area contributed by atoms with E-state index in [0.717, 1.165) is 11.8 Å². The minimum atomic E-state index is -4.59. The van der Waals surface area contributed by atoms with Crippen molar-refractivity contribution < 1.29 is 18.3 Å². The van der Waals surface area contributed by atoms with Gasteiger partial charge in [-0.05, 0) is 37.1 Å². The second-order valence-corrected chi connectivity index (χ2v) is 6.54. The highest BCUT2D eigenvalue weighted by atomic mass is 19.4. The van der Waals surface area contributed by atoms with Gasteiger partial charge in [0.15, 0.2) is 0 Å². The first-order valence-electron chi connectivity index (χ1n) is 8.50. The van der Waals surface area contributed by atoms with Gasteiger partial charge < -0.3 is 14.6 Å². The number of aliphatic hydroxyl groups excluding tert-OH is 1. The number of nitrogens with zero attached hydrogens (tertiary/aromatic N) is 4.